The van der Waals surface area contributed by atoms with E-state index in [0.717, 1.165) is 6.42 Å². The summed E-state index contributed by atoms with van der Waals surface area (Å²) in [5.74, 6) is -0.298. The lowest BCUT2D eigenvalue weighted by Gasteiger charge is -2.00. The largest absolute Gasteiger partial charge is 0.398 e. The van der Waals surface area contributed by atoms with Crippen LogP contribution >= 0.6 is 0 Å². The van der Waals surface area contributed by atoms with E-state index in [4.69, 9.17) is 11.5 Å². The Kier molecular flexibility index (Phi) is 3.46. The van der Waals surface area contributed by atoms with E-state index in [1.165, 1.54) is 6.07 Å². The summed E-state index contributed by atoms with van der Waals surface area (Å²) in [5.41, 5.74) is 11.8. The summed E-state index contributed by atoms with van der Waals surface area (Å²) in [7, 11) is 0. The van der Waals surface area contributed by atoms with Gasteiger partial charge in [-0.15, -0.1) is 0 Å². The van der Waals surface area contributed by atoms with Gasteiger partial charge in [0.05, 0.1) is 0 Å². The first kappa shape index (κ1) is 9.74. The van der Waals surface area contributed by atoms with Crippen LogP contribution in [0.4, 0.5) is 10.1 Å². The van der Waals surface area contributed by atoms with Crippen molar-refractivity contribution in [3.63, 3.8) is 0 Å². The number of benzene rings is 1. The zero-order valence-corrected chi connectivity index (χ0v) is 7.33. The van der Waals surface area contributed by atoms with E-state index in [2.05, 4.69) is 0 Å². The van der Waals surface area contributed by atoms with E-state index >= 15 is 0 Å². The zero-order valence-electron chi connectivity index (χ0n) is 7.33. The fourth-order valence-electron chi connectivity index (χ4n) is 1.03. The molecule has 0 spiro atoms. The molecule has 13 heavy (non-hydrogen) atoms. The fourth-order valence-corrected chi connectivity index (χ4v) is 1.03. The Morgan fingerprint density at radius 2 is 2.15 bits per heavy atom. The van der Waals surface area contributed by atoms with Crippen molar-refractivity contribution in [1.29, 1.82) is 0 Å². The number of halogens is 1. The Morgan fingerprint density at radius 1 is 1.38 bits per heavy atom. The van der Waals surface area contributed by atoms with Crippen LogP contribution in [0.5, 0.6) is 0 Å². The molecule has 0 radical (unpaired) electrons. The molecule has 4 N–H and O–H groups in total. The highest BCUT2D eigenvalue weighted by Gasteiger charge is 2.00. The van der Waals surface area contributed by atoms with Crippen molar-refractivity contribution in [2.45, 2.75) is 6.42 Å². The molecule has 0 saturated carbocycles. The quantitative estimate of drug-likeness (QED) is 0.696. The van der Waals surface area contributed by atoms with Crippen LogP contribution in [0.15, 0.2) is 24.3 Å². The minimum Gasteiger partial charge on any atom is -0.398 e. The smallest absolute Gasteiger partial charge is 0.132 e. The third kappa shape index (κ3) is 2.56. The van der Waals surface area contributed by atoms with Crippen LogP contribution in [0, 0.1) is 5.82 Å². The molecule has 0 aliphatic heterocycles. The Balaban J connectivity index is 2.87. The van der Waals surface area contributed by atoms with Crippen LogP contribution in [0.3, 0.4) is 0 Å². The van der Waals surface area contributed by atoms with Crippen molar-refractivity contribution >= 4 is 11.8 Å². The van der Waals surface area contributed by atoms with Gasteiger partial charge in [-0.1, -0.05) is 18.2 Å². The summed E-state index contributed by atoms with van der Waals surface area (Å²) in [5, 5.41) is 0. The van der Waals surface area contributed by atoms with Crippen LogP contribution < -0.4 is 11.5 Å². The average molecular weight is 180 g/mol. The van der Waals surface area contributed by atoms with Gasteiger partial charge in [0.2, 0.25) is 0 Å². The Hall–Kier alpha value is -1.35. The number of hydrogen-bond donors (Lipinski definition) is 2. The van der Waals surface area contributed by atoms with Gasteiger partial charge in [0, 0.05) is 11.3 Å². The summed E-state index contributed by atoms with van der Waals surface area (Å²) in [6.07, 6.45) is 4.21. The number of nitrogens with two attached hydrogens (primary N) is 2. The molecule has 1 rings (SSSR count). The van der Waals surface area contributed by atoms with Crippen molar-refractivity contribution < 1.29 is 4.39 Å². The summed E-state index contributed by atoms with van der Waals surface area (Å²) in [6, 6.07) is 4.65. The van der Waals surface area contributed by atoms with Crippen LogP contribution in [0.1, 0.15) is 12.0 Å². The highest BCUT2D eigenvalue weighted by atomic mass is 19.1. The van der Waals surface area contributed by atoms with E-state index in [1.54, 1.807) is 18.2 Å². The van der Waals surface area contributed by atoms with Gasteiger partial charge in [-0.25, -0.2) is 4.39 Å². The Morgan fingerprint density at radius 3 is 2.77 bits per heavy atom. The lowest BCUT2D eigenvalue weighted by atomic mass is 10.1. The van der Waals surface area contributed by atoms with Crippen LogP contribution in [0.25, 0.3) is 6.08 Å². The maximum absolute atomic E-state index is 13.1. The third-order valence-electron chi connectivity index (χ3n) is 1.70. The molecule has 3 heteroatoms. The molecule has 0 aromatic heterocycles. The van der Waals surface area contributed by atoms with Gasteiger partial charge in [0.15, 0.2) is 0 Å². The zero-order chi connectivity index (χ0) is 9.68. The molecule has 0 atom stereocenters. The topological polar surface area (TPSA) is 52.0 Å². The van der Waals surface area contributed by atoms with Crippen LogP contribution in [-0.2, 0) is 0 Å². The summed E-state index contributed by atoms with van der Waals surface area (Å²) in [4.78, 5) is 0. The van der Waals surface area contributed by atoms with Crippen molar-refractivity contribution in [1.82, 2.24) is 0 Å². The number of nitrogen functional groups attached to an aromatic ring is 1. The van der Waals surface area contributed by atoms with Crippen molar-refractivity contribution in [3.8, 4) is 0 Å². The lowest BCUT2D eigenvalue weighted by molar-refractivity contribution is 0.626. The molecule has 0 bridgehead atoms. The second-order valence-electron chi connectivity index (χ2n) is 2.72. The van der Waals surface area contributed by atoms with Crippen molar-refractivity contribution in [2.24, 2.45) is 5.73 Å². The van der Waals surface area contributed by atoms with E-state index in [0.29, 0.717) is 17.8 Å². The SMILES string of the molecule is NCCC=Cc1c(N)cccc1F. The third-order valence-corrected chi connectivity index (χ3v) is 1.70. The van der Waals surface area contributed by atoms with E-state index < -0.39 is 0 Å². The normalized spacial score (nSPS) is 10.9. The highest BCUT2D eigenvalue weighted by Crippen LogP contribution is 2.17. The minimum absolute atomic E-state index is 0.298. The fraction of sp³-hybridized carbons (Fsp3) is 0.200. The van der Waals surface area contributed by atoms with Crippen LogP contribution in [-0.4, -0.2) is 6.54 Å². The monoisotopic (exact) mass is 180 g/mol. The highest BCUT2D eigenvalue weighted by molar-refractivity contribution is 5.64. The van der Waals surface area contributed by atoms with E-state index in [9.17, 15) is 4.39 Å². The molecular formula is C10H13FN2. The summed E-state index contributed by atoms with van der Waals surface area (Å²) >= 11 is 0. The van der Waals surface area contributed by atoms with Gasteiger partial charge in [-0.05, 0) is 25.1 Å². The molecule has 0 amide bonds. The summed E-state index contributed by atoms with van der Waals surface area (Å²) in [6.45, 7) is 0.560. The molecule has 0 saturated heterocycles. The molecule has 1 aromatic rings. The first-order valence-electron chi connectivity index (χ1n) is 4.16. The Bertz CT molecular complexity index is 288. The first-order valence-corrected chi connectivity index (χ1v) is 4.16. The number of anilines is 1. The lowest BCUT2D eigenvalue weighted by Crippen LogP contribution is -1.96. The molecule has 0 fully saturated rings. The van der Waals surface area contributed by atoms with Gasteiger partial charge >= 0.3 is 0 Å². The number of rotatable bonds is 3. The average Bonchev–Trinajstić information content (AvgIpc) is 2.10. The standard InChI is InChI=1S/C10H13FN2/c11-9-5-3-6-10(13)8(9)4-1-2-7-12/h1,3-6H,2,7,12-13H2. The Labute approximate surface area is 77.0 Å². The molecule has 1 aromatic carbocycles. The van der Waals surface area contributed by atoms with E-state index in [-0.39, 0.29) is 5.82 Å². The second-order valence-corrected chi connectivity index (χ2v) is 2.72. The van der Waals surface area contributed by atoms with Gasteiger partial charge in [0.25, 0.3) is 0 Å². The summed E-state index contributed by atoms with van der Waals surface area (Å²) < 4.78 is 13.1. The van der Waals surface area contributed by atoms with Gasteiger partial charge in [-0.3, -0.25) is 0 Å². The van der Waals surface area contributed by atoms with Gasteiger partial charge < -0.3 is 11.5 Å². The van der Waals surface area contributed by atoms with Crippen LogP contribution in [0.2, 0.25) is 0 Å². The molecule has 0 aliphatic rings. The molecule has 0 aliphatic carbocycles. The van der Waals surface area contributed by atoms with Gasteiger partial charge in [-0.2, -0.15) is 0 Å². The number of hydrogen-bond acceptors (Lipinski definition) is 2. The molecule has 2 nitrogen and oxygen atoms in total. The molecular weight excluding hydrogens is 167 g/mol. The predicted molar refractivity (Wildman–Crippen MR) is 53.5 cm³/mol. The molecule has 0 unspecified atom stereocenters. The molecule has 0 heterocycles. The van der Waals surface area contributed by atoms with Gasteiger partial charge in [0.1, 0.15) is 5.82 Å². The maximum Gasteiger partial charge on any atom is 0.132 e. The maximum atomic E-state index is 13.1. The van der Waals surface area contributed by atoms with E-state index in [1.807, 2.05) is 6.08 Å². The minimum atomic E-state index is -0.298. The second kappa shape index (κ2) is 4.62. The van der Waals surface area contributed by atoms with Crippen molar-refractivity contribution in [3.05, 3.63) is 35.7 Å². The predicted octanol–water partition coefficient (Wildman–Crippen LogP) is 1.77. The first-order chi connectivity index (χ1) is 6.25. The molecule has 70 valence electrons. The van der Waals surface area contributed by atoms with Crippen molar-refractivity contribution in [2.75, 3.05) is 12.3 Å².